The average Bonchev–Trinajstić information content (AvgIpc) is 3.04. The smallest absolute Gasteiger partial charge is 0.308 e. The standard InChI is InChI=1S/C36H62N2O9/c1-8-30-27(21-39)18-22(2)12-13-28(40)23(3)19-26(14-17-38-15-10-9-11-16-38)35(24(4)29(41)20-31(42)46-30)47-36-34(44)32(37(6)7)33(43)25(5)45-36/h12-13,18,23-27,29-30,32-36,39,41,43-44H,8-11,14-17,19-21H2,1-7H3/t23-,24+,25-,26+,27?,29-,30-,32+,33-,34-,35-,36+/m1/s1. The number of aliphatic hydroxyl groups is 4. The van der Waals surface area contributed by atoms with Crippen molar-refractivity contribution in [2.75, 3.05) is 40.3 Å². The molecule has 0 amide bonds. The van der Waals surface area contributed by atoms with Crippen LogP contribution in [-0.2, 0) is 23.8 Å². The molecule has 3 aliphatic rings. The molecule has 0 aromatic rings. The molecule has 0 radical (unpaired) electrons. The van der Waals surface area contributed by atoms with E-state index in [0.29, 0.717) is 19.3 Å². The van der Waals surface area contributed by atoms with E-state index >= 15 is 0 Å². The van der Waals surface area contributed by atoms with Crippen LogP contribution in [0.25, 0.3) is 0 Å². The fraction of sp³-hybridized carbons (Fsp3) is 0.833. The molecule has 11 nitrogen and oxygen atoms in total. The van der Waals surface area contributed by atoms with E-state index in [4.69, 9.17) is 14.2 Å². The highest BCUT2D eigenvalue weighted by Gasteiger charge is 2.47. The molecule has 0 aromatic carbocycles. The number of cyclic esters (lactones) is 1. The number of esters is 1. The van der Waals surface area contributed by atoms with E-state index in [2.05, 4.69) is 4.90 Å². The molecule has 12 atom stereocenters. The first-order chi connectivity index (χ1) is 22.3. The Morgan fingerprint density at radius 1 is 1.02 bits per heavy atom. The van der Waals surface area contributed by atoms with Gasteiger partial charge in [0.2, 0.25) is 0 Å². The molecule has 3 rings (SSSR count). The lowest BCUT2D eigenvalue weighted by molar-refractivity contribution is -0.304. The van der Waals surface area contributed by atoms with Gasteiger partial charge in [0.25, 0.3) is 0 Å². The first-order valence-electron chi connectivity index (χ1n) is 17.7. The van der Waals surface area contributed by atoms with Crippen LogP contribution in [0, 0.1) is 23.7 Å². The number of allylic oxidation sites excluding steroid dienone is 3. The van der Waals surface area contributed by atoms with E-state index in [1.54, 1.807) is 38.1 Å². The fourth-order valence-corrected chi connectivity index (χ4v) is 7.39. The summed E-state index contributed by atoms with van der Waals surface area (Å²) in [5.41, 5.74) is 0.776. The second-order valence-electron chi connectivity index (χ2n) is 14.4. The fourth-order valence-electron chi connectivity index (χ4n) is 7.39. The minimum Gasteiger partial charge on any atom is -0.462 e. The summed E-state index contributed by atoms with van der Waals surface area (Å²) in [6, 6.07) is -0.649. The Morgan fingerprint density at radius 2 is 1.70 bits per heavy atom. The van der Waals surface area contributed by atoms with Gasteiger partial charge >= 0.3 is 5.97 Å². The van der Waals surface area contributed by atoms with Gasteiger partial charge in [0.1, 0.15) is 12.2 Å². The van der Waals surface area contributed by atoms with Crippen LogP contribution in [0.2, 0.25) is 0 Å². The third kappa shape index (κ3) is 11.2. The highest BCUT2D eigenvalue weighted by molar-refractivity contribution is 5.91. The van der Waals surface area contributed by atoms with Crippen molar-refractivity contribution in [1.29, 1.82) is 0 Å². The predicted molar refractivity (Wildman–Crippen MR) is 179 cm³/mol. The number of nitrogens with zero attached hydrogens (tertiary/aromatic N) is 2. The molecule has 4 N–H and O–H groups in total. The Labute approximate surface area is 281 Å². The van der Waals surface area contributed by atoms with E-state index in [0.717, 1.165) is 38.0 Å². The Balaban J connectivity index is 2.02. The molecule has 3 aliphatic heterocycles. The van der Waals surface area contributed by atoms with Crippen molar-refractivity contribution in [3.8, 4) is 0 Å². The van der Waals surface area contributed by atoms with Gasteiger partial charge in [-0.3, -0.25) is 9.59 Å². The Bertz CT molecular complexity index is 1050. The van der Waals surface area contributed by atoms with Crippen LogP contribution >= 0.6 is 0 Å². The molecule has 0 saturated carbocycles. The van der Waals surface area contributed by atoms with Crippen LogP contribution in [-0.4, -0.2) is 131 Å². The predicted octanol–water partition coefficient (Wildman–Crippen LogP) is 2.69. The van der Waals surface area contributed by atoms with Crippen molar-refractivity contribution in [1.82, 2.24) is 9.80 Å². The van der Waals surface area contributed by atoms with Gasteiger partial charge in [-0.2, -0.15) is 0 Å². The molecule has 0 aliphatic carbocycles. The van der Waals surface area contributed by atoms with Crippen LogP contribution in [0.15, 0.2) is 23.8 Å². The number of ether oxygens (including phenoxy) is 3. The van der Waals surface area contributed by atoms with Gasteiger partial charge in [0.15, 0.2) is 12.1 Å². The molecule has 0 bridgehead atoms. The minimum atomic E-state index is -1.19. The van der Waals surface area contributed by atoms with Gasteiger partial charge in [0.05, 0.1) is 43.5 Å². The number of hydrogen-bond acceptors (Lipinski definition) is 11. The molecule has 11 heteroatoms. The first-order valence-corrected chi connectivity index (χ1v) is 17.7. The van der Waals surface area contributed by atoms with Gasteiger partial charge < -0.3 is 44.4 Å². The van der Waals surface area contributed by atoms with Gasteiger partial charge in [0, 0.05) is 17.8 Å². The van der Waals surface area contributed by atoms with Gasteiger partial charge in [-0.05, 0) is 91.7 Å². The van der Waals surface area contributed by atoms with Crippen molar-refractivity contribution in [3.63, 3.8) is 0 Å². The monoisotopic (exact) mass is 666 g/mol. The lowest BCUT2D eigenvalue weighted by Crippen LogP contribution is -2.63. The van der Waals surface area contributed by atoms with Crippen molar-refractivity contribution in [2.45, 2.75) is 129 Å². The summed E-state index contributed by atoms with van der Waals surface area (Å²) < 4.78 is 18.5. The molecule has 0 aromatic heterocycles. The molecular formula is C36H62N2O9. The number of likely N-dealkylation sites (tertiary alicyclic amines) is 1. The van der Waals surface area contributed by atoms with E-state index in [1.165, 1.54) is 6.42 Å². The molecule has 2 fully saturated rings. The molecule has 3 heterocycles. The van der Waals surface area contributed by atoms with Crippen LogP contribution in [0.1, 0.15) is 79.6 Å². The highest BCUT2D eigenvalue weighted by Crippen LogP contribution is 2.35. The Kier molecular flexibility index (Phi) is 16.0. The summed E-state index contributed by atoms with van der Waals surface area (Å²) in [5.74, 6) is -2.29. The first kappa shape index (κ1) is 39.7. The van der Waals surface area contributed by atoms with Crippen LogP contribution in [0.3, 0.4) is 0 Å². The minimum absolute atomic E-state index is 0.0443. The molecular weight excluding hydrogens is 604 g/mol. The number of rotatable bonds is 8. The van der Waals surface area contributed by atoms with Gasteiger partial charge in [-0.1, -0.05) is 44.9 Å². The summed E-state index contributed by atoms with van der Waals surface area (Å²) in [6.07, 6.45) is 3.61. The van der Waals surface area contributed by atoms with Crippen LogP contribution < -0.4 is 0 Å². The molecule has 2 saturated heterocycles. The number of hydrogen-bond donors (Lipinski definition) is 4. The van der Waals surface area contributed by atoms with Crippen molar-refractivity contribution in [2.24, 2.45) is 23.7 Å². The van der Waals surface area contributed by atoms with Crippen LogP contribution in [0.5, 0.6) is 0 Å². The summed E-state index contributed by atoms with van der Waals surface area (Å²) >= 11 is 0. The molecule has 47 heavy (non-hydrogen) atoms. The molecule has 1 unspecified atom stereocenters. The number of ketones is 1. The van der Waals surface area contributed by atoms with E-state index in [-0.39, 0.29) is 30.6 Å². The summed E-state index contributed by atoms with van der Waals surface area (Å²) in [5, 5.41) is 43.9. The quantitative estimate of drug-likeness (QED) is 0.284. The lowest BCUT2D eigenvalue weighted by Gasteiger charge is -2.47. The van der Waals surface area contributed by atoms with E-state index in [9.17, 15) is 30.0 Å². The largest absolute Gasteiger partial charge is 0.462 e. The maximum absolute atomic E-state index is 13.5. The number of piperidine rings is 1. The van der Waals surface area contributed by atoms with Crippen molar-refractivity contribution >= 4 is 11.8 Å². The molecule has 270 valence electrons. The normalized spacial score (nSPS) is 39.1. The SMILES string of the molecule is CC[C@H]1OC(=O)C[C@@H](O)[C@H](C)[C@@H](O[C@@H]2O[C@H](C)[C@@H](O)[C@H](N(C)C)[C@H]2O)[C@@H](CCN2CCCCC2)C[C@@H](C)C(=O)C=CC(C)=CC1CO. The van der Waals surface area contributed by atoms with Crippen molar-refractivity contribution in [3.05, 3.63) is 23.8 Å². The number of carbonyl (C=O) groups excluding carboxylic acids is 2. The zero-order chi connectivity index (χ0) is 34.8. The van der Waals surface area contributed by atoms with E-state index < -0.39 is 66.8 Å². The zero-order valence-corrected chi connectivity index (χ0v) is 29.7. The van der Waals surface area contributed by atoms with E-state index in [1.807, 2.05) is 33.8 Å². The Hall–Kier alpha value is -1.70. The van der Waals surface area contributed by atoms with Crippen molar-refractivity contribution < 1.29 is 44.2 Å². The van der Waals surface area contributed by atoms with Gasteiger partial charge in [-0.15, -0.1) is 0 Å². The topological polar surface area (TPSA) is 149 Å². The summed E-state index contributed by atoms with van der Waals surface area (Å²) in [6.45, 7) is 11.7. The Morgan fingerprint density at radius 3 is 2.32 bits per heavy atom. The number of carbonyl (C=O) groups is 2. The third-order valence-electron chi connectivity index (χ3n) is 10.4. The average molecular weight is 667 g/mol. The second kappa shape index (κ2) is 18.9. The zero-order valence-electron chi connectivity index (χ0n) is 29.7. The number of aliphatic hydroxyl groups excluding tert-OH is 4. The summed E-state index contributed by atoms with van der Waals surface area (Å²) in [7, 11) is 3.56. The maximum atomic E-state index is 13.5. The third-order valence-corrected chi connectivity index (χ3v) is 10.4. The molecule has 0 spiro atoms. The summed E-state index contributed by atoms with van der Waals surface area (Å²) in [4.78, 5) is 30.9. The highest BCUT2D eigenvalue weighted by atomic mass is 16.7. The van der Waals surface area contributed by atoms with Crippen LogP contribution in [0.4, 0.5) is 0 Å². The number of likely N-dealkylation sites (N-methyl/N-ethyl adjacent to an activating group) is 1. The second-order valence-corrected chi connectivity index (χ2v) is 14.4. The maximum Gasteiger partial charge on any atom is 0.308 e. The van der Waals surface area contributed by atoms with Gasteiger partial charge in [-0.25, -0.2) is 0 Å². The lowest BCUT2D eigenvalue weighted by atomic mass is 9.79.